The number of benzene rings is 3. The molecule has 21 heavy (non-hydrogen) atoms. The molecule has 0 amide bonds. The first kappa shape index (κ1) is 14.3. The highest BCUT2D eigenvalue weighted by atomic mass is 31.2. The van der Waals surface area contributed by atoms with Crippen molar-refractivity contribution < 1.29 is 14.4 Å². The summed E-state index contributed by atoms with van der Waals surface area (Å²) in [4.78, 5) is 19.6. The van der Waals surface area contributed by atoms with E-state index < -0.39 is 7.60 Å². The fourth-order valence-corrected chi connectivity index (χ4v) is 3.98. The van der Waals surface area contributed by atoms with Crippen LogP contribution in [-0.4, -0.2) is 9.79 Å². The Morgan fingerprint density at radius 3 is 2.10 bits per heavy atom. The van der Waals surface area contributed by atoms with E-state index in [0.717, 1.165) is 16.2 Å². The summed E-state index contributed by atoms with van der Waals surface area (Å²) in [6, 6.07) is 15.5. The van der Waals surface area contributed by atoms with E-state index in [9.17, 15) is 14.4 Å². The van der Waals surface area contributed by atoms with Gasteiger partial charge in [0.1, 0.15) is 0 Å². The first-order valence-electron chi connectivity index (χ1n) is 6.89. The fourth-order valence-electron chi connectivity index (χ4n) is 2.81. The molecule has 3 aromatic rings. The summed E-state index contributed by atoms with van der Waals surface area (Å²) in [5, 5.41) is 3.73. The van der Waals surface area contributed by atoms with Gasteiger partial charge in [-0.2, -0.15) is 0 Å². The summed E-state index contributed by atoms with van der Waals surface area (Å²) in [6.07, 6.45) is 0. The molecule has 108 valence electrons. The summed E-state index contributed by atoms with van der Waals surface area (Å²) in [5.74, 6) is 0.0588. The van der Waals surface area contributed by atoms with Crippen LogP contribution in [-0.2, 0) is 4.57 Å². The van der Waals surface area contributed by atoms with Crippen LogP contribution in [0.3, 0.4) is 0 Å². The normalized spacial score (nSPS) is 12.4. The van der Waals surface area contributed by atoms with Gasteiger partial charge in [0, 0.05) is 0 Å². The summed E-state index contributed by atoms with van der Waals surface area (Å²) >= 11 is 0. The average molecular weight is 300 g/mol. The van der Waals surface area contributed by atoms with Crippen molar-refractivity contribution in [3.63, 3.8) is 0 Å². The molecular weight excluding hydrogens is 283 g/mol. The third-order valence-electron chi connectivity index (χ3n) is 3.80. The second kappa shape index (κ2) is 4.96. The Hall–Kier alpha value is -1.67. The molecule has 0 aromatic heterocycles. The molecule has 3 rings (SSSR count). The van der Waals surface area contributed by atoms with E-state index in [1.54, 1.807) is 0 Å². The molecule has 0 fully saturated rings. The Morgan fingerprint density at radius 1 is 0.905 bits per heavy atom. The molecule has 0 radical (unpaired) electrons. The second-order valence-corrected chi connectivity index (χ2v) is 7.16. The van der Waals surface area contributed by atoms with Crippen LogP contribution in [0.25, 0.3) is 21.5 Å². The van der Waals surface area contributed by atoms with Crippen molar-refractivity contribution >= 4 is 34.4 Å². The molecule has 0 aliphatic carbocycles. The zero-order valence-electron chi connectivity index (χ0n) is 11.9. The molecule has 0 aliphatic heterocycles. The predicted molar refractivity (Wildman–Crippen MR) is 87.2 cm³/mol. The van der Waals surface area contributed by atoms with Gasteiger partial charge in [-0.05, 0) is 45.2 Å². The second-order valence-electron chi connectivity index (χ2n) is 5.62. The van der Waals surface area contributed by atoms with Crippen molar-refractivity contribution in [1.82, 2.24) is 0 Å². The van der Waals surface area contributed by atoms with Gasteiger partial charge in [0.2, 0.25) is 0 Å². The van der Waals surface area contributed by atoms with E-state index in [2.05, 4.69) is 0 Å². The Morgan fingerprint density at radius 2 is 1.52 bits per heavy atom. The minimum absolute atomic E-state index is 0.0588. The highest BCUT2D eigenvalue weighted by molar-refractivity contribution is 7.61. The lowest BCUT2D eigenvalue weighted by Crippen LogP contribution is -2.13. The summed E-state index contributed by atoms with van der Waals surface area (Å²) in [6.45, 7) is 3.89. The van der Waals surface area contributed by atoms with Gasteiger partial charge < -0.3 is 9.79 Å². The largest absolute Gasteiger partial charge is 0.357 e. The standard InChI is InChI=1S/C17H17O3P/c1-11(2)15-8-7-14-9-12-5-3-4-6-13(12)10-16(14)17(15)21(18,19)20/h3-11H,1-2H3,(H2,18,19,20). The molecule has 0 spiro atoms. The van der Waals surface area contributed by atoms with Crippen LogP contribution in [0.15, 0.2) is 48.5 Å². The monoisotopic (exact) mass is 300 g/mol. The van der Waals surface area contributed by atoms with Crippen LogP contribution in [0.5, 0.6) is 0 Å². The van der Waals surface area contributed by atoms with Crippen molar-refractivity contribution in [3.8, 4) is 0 Å². The van der Waals surface area contributed by atoms with Crippen molar-refractivity contribution in [3.05, 3.63) is 54.1 Å². The molecule has 0 unspecified atom stereocenters. The molecule has 0 bridgehead atoms. The molecule has 4 heteroatoms. The molecule has 0 saturated heterocycles. The first-order chi connectivity index (χ1) is 9.88. The van der Waals surface area contributed by atoms with Crippen LogP contribution in [0.2, 0.25) is 0 Å². The number of hydrogen-bond acceptors (Lipinski definition) is 1. The van der Waals surface area contributed by atoms with E-state index in [1.165, 1.54) is 0 Å². The number of rotatable bonds is 2. The lowest BCUT2D eigenvalue weighted by Gasteiger charge is -2.17. The molecule has 0 atom stereocenters. The van der Waals surface area contributed by atoms with Crippen LogP contribution in [0, 0.1) is 0 Å². The lowest BCUT2D eigenvalue weighted by molar-refractivity contribution is 0.387. The van der Waals surface area contributed by atoms with Gasteiger partial charge in [-0.25, -0.2) is 0 Å². The molecule has 0 saturated carbocycles. The predicted octanol–water partition coefficient (Wildman–Crippen LogP) is 3.92. The maximum Gasteiger partial charge on any atom is 0.357 e. The summed E-state index contributed by atoms with van der Waals surface area (Å²) in [7, 11) is -4.33. The van der Waals surface area contributed by atoms with Crippen molar-refractivity contribution in [2.75, 3.05) is 0 Å². The quantitative estimate of drug-likeness (QED) is 0.557. The van der Waals surface area contributed by atoms with Crippen LogP contribution >= 0.6 is 7.60 Å². The first-order valence-corrected chi connectivity index (χ1v) is 8.50. The SMILES string of the molecule is CC(C)c1ccc2cc3ccccc3cc2c1P(=O)(O)O. The maximum atomic E-state index is 12.0. The third-order valence-corrected chi connectivity index (χ3v) is 4.88. The Balaban J connectivity index is 2.49. The smallest absolute Gasteiger partial charge is 0.321 e. The van der Waals surface area contributed by atoms with E-state index in [1.807, 2.05) is 62.4 Å². The van der Waals surface area contributed by atoms with Crippen molar-refractivity contribution in [2.45, 2.75) is 19.8 Å². The molecule has 3 nitrogen and oxygen atoms in total. The molecule has 0 aliphatic rings. The zero-order valence-corrected chi connectivity index (χ0v) is 12.8. The third kappa shape index (κ3) is 2.49. The molecule has 2 N–H and O–H groups in total. The minimum Gasteiger partial charge on any atom is -0.321 e. The minimum atomic E-state index is -4.33. The van der Waals surface area contributed by atoms with E-state index in [4.69, 9.17) is 0 Å². The van der Waals surface area contributed by atoms with Gasteiger partial charge in [-0.15, -0.1) is 0 Å². The molecule has 0 heterocycles. The van der Waals surface area contributed by atoms with Gasteiger partial charge in [-0.3, -0.25) is 4.57 Å². The summed E-state index contributed by atoms with van der Waals surface area (Å²) < 4.78 is 12.0. The topological polar surface area (TPSA) is 57.5 Å². The van der Waals surface area contributed by atoms with E-state index >= 15 is 0 Å². The van der Waals surface area contributed by atoms with Gasteiger partial charge in [-0.1, -0.05) is 50.2 Å². The summed E-state index contributed by atoms with van der Waals surface area (Å²) in [5.41, 5.74) is 0.714. The molecular formula is C17H17O3P. The van der Waals surface area contributed by atoms with Crippen LogP contribution < -0.4 is 5.30 Å². The number of hydrogen-bond donors (Lipinski definition) is 2. The maximum absolute atomic E-state index is 12.0. The van der Waals surface area contributed by atoms with E-state index in [0.29, 0.717) is 10.9 Å². The van der Waals surface area contributed by atoms with E-state index in [-0.39, 0.29) is 11.2 Å². The lowest BCUT2D eigenvalue weighted by atomic mass is 9.97. The highest BCUT2D eigenvalue weighted by Gasteiger charge is 2.25. The fraction of sp³-hybridized carbons (Fsp3) is 0.176. The van der Waals surface area contributed by atoms with Gasteiger partial charge in [0.05, 0.1) is 5.30 Å². The highest BCUT2D eigenvalue weighted by Crippen LogP contribution is 2.40. The van der Waals surface area contributed by atoms with Gasteiger partial charge in [0.15, 0.2) is 0 Å². The van der Waals surface area contributed by atoms with Crippen LogP contribution in [0.4, 0.5) is 0 Å². The van der Waals surface area contributed by atoms with Gasteiger partial charge >= 0.3 is 7.60 Å². The Bertz CT molecular complexity index is 878. The Kier molecular flexibility index (Phi) is 3.37. The zero-order chi connectivity index (χ0) is 15.2. The average Bonchev–Trinajstić information content (AvgIpc) is 2.42. The Labute approximate surface area is 123 Å². The van der Waals surface area contributed by atoms with Crippen molar-refractivity contribution in [2.24, 2.45) is 0 Å². The van der Waals surface area contributed by atoms with Crippen LogP contribution in [0.1, 0.15) is 25.3 Å². The molecule has 3 aromatic carbocycles. The van der Waals surface area contributed by atoms with Gasteiger partial charge in [0.25, 0.3) is 0 Å². The number of fused-ring (bicyclic) bond motifs is 2. The van der Waals surface area contributed by atoms with Crippen molar-refractivity contribution in [1.29, 1.82) is 0 Å².